The number of carbonyl (C=O) groups excluding carboxylic acids is 1. The number of hydrogen-bond acceptors (Lipinski definition) is 6. The van der Waals surface area contributed by atoms with Crippen molar-refractivity contribution in [2.45, 2.75) is 45.1 Å². The van der Waals surface area contributed by atoms with Crippen LogP contribution < -0.4 is 14.8 Å². The molecule has 0 radical (unpaired) electrons. The van der Waals surface area contributed by atoms with Crippen LogP contribution >= 0.6 is 0 Å². The maximum absolute atomic E-state index is 11.7. The van der Waals surface area contributed by atoms with Crippen LogP contribution in [0.15, 0.2) is 54.6 Å². The van der Waals surface area contributed by atoms with Crippen molar-refractivity contribution < 1.29 is 23.7 Å². The molecular weight excluding hydrogens is 466 g/mol. The summed E-state index contributed by atoms with van der Waals surface area (Å²) in [5, 5.41) is 3.54. The number of rotatable bonds is 10. The number of esters is 1. The highest BCUT2D eigenvalue weighted by molar-refractivity contribution is 5.73. The Bertz CT molecular complexity index is 1250. The number of benzene rings is 3. The predicted octanol–water partition coefficient (Wildman–Crippen LogP) is 5.91. The van der Waals surface area contributed by atoms with Gasteiger partial charge in [-0.15, -0.1) is 0 Å². The van der Waals surface area contributed by atoms with Crippen LogP contribution in [0.25, 0.3) is 11.1 Å². The fourth-order valence-corrected chi connectivity index (χ4v) is 5.21. The number of carbonyl (C=O) groups is 1. The Labute approximate surface area is 218 Å². The van der Waals surface area contributed by atoms with Crippen molar-refractivity contribution in [3.05, 3.63) is 76.9 Å². The van der Waals surface area contributed by atoms with Gasteiger partial charge in [-0.3, -0.25) is 4.79 Å². The van der Waals surface area contributed by atoms with Gasteiger partial charge in [0.2, 0.25) is 0 Å². The molecule has 6 nitrogen and oxygen atoms in total. The molecule has 0 unspecified atom stereocenters. The number of aryl methyl sites for hydroxylation is 2. The fourth-order valence-electron chi connectivity index (χ4n) is 5.21. The smallest absolute Gasteiger partial charge is 0.306 e. The third kappa shape index (κ3) is 5.91. The largest absolute Gasteiger partial charge is 0.493 e. The Kier molecular flexibility index (Phi) is 7.95. The van der Waals surface area contributed by atoms with E-state index in [1.54, 1.807) is 0 Å². The summed E-state index contributed by atoms with van der Waals surface area (Å²) >= 11 is 0. The molecule has 1 atom stereocenters. The molecule has 6 heteroatoms. The van der Waals surface area contributed by atoms with Gasteiger partial charge in [0, 0.05) is 36.4 Å². The SMILES string of the molecule is CCOCCOc1ccc2c(c1)CCCc1ccc(CNc3ccc4c(c3)OC[C@H]4CC(=O)OC)cc1-2. The summed E-state index contributed by atoms with van der Waals surface area (Å²) in [5.74, 6) is 1.59. The topological polar surface area (TPSA) is 66.0 Å². The normalized spacial score (nSPS) is 15.6. The van der Waals surface area contributed by atoms with Crippen molar-refractivity contribution in [2.24, 2.45) is 0 Å². The Morgan fingerprint density at radius 1 is 1.00 bits per heavy atom. The molecule has 3 aromatic rings. The molecule has 37 heavy (non-hydrogen) atoms. The van der Waals surface area contributed by atoms with Crippen LogP contribution in [0.5, 0.6) is 11.5 Å². The molecule has 1 aliphatic carbocycles. The minimum atomic E-state index is -0.209. The molecular formula is C31H35NO5. The molecule has 0 saturated carbocycles. The zero-order valence-corrected chi connectivity index (χ0v) is 21.7. The highest BCUT2D eigenvalue weighted by atomic mass is 16.5. The van der Waals surface area contributed by atoms with Crippen molar-refractivity contribution in [2.75, 3.05) is 38.9 Å². The number of fused-ring (bicyclic) bond motifs is 4. The van der Waals surface area contributed by atoms with E-state index >= 15 is 0 Å². The van der Waals surface area contributed by atoms with Gasteiger partial charge in [-0.1, -0.05) is 24.3 Å². The summed E-state index contributed by atoms with van der Waals surface area (Å²) in [7, 11) is 1.42. The molecule has 0 saturated heterocycles. The quantitative estimate of drug-likeness (QED) is 0.275. The van der Waals surface area contributed by atoms with Crippen molar-refractivity contribution in [1.82, 2.24) is 0 Å². The van der Waals surface area contributed by atoms with Crippen LogP contribution in [0.4, 0.5) is 5.69 Å². The third-order valence-electron chi connectivity index (χ3n) is 7.16. The number of methoxy groups -OCH3 is 1. The van der Waals surface area contributed by atoms with Crippen LogP contribution in [0.3, 0.4) is 0 Å². The van der Waals surface area contributed by atoms with E-state index in [4.69, 9.17) is 18.9 Å². The molecule has 0 spiro atoms. The number of ether oxygens (including phenoxy) is 4. The Balaban J connectivity index is 1.28. The number of nitrogens with one attached hydrogen (secondary N) is 1. The Morgan fingerprint density at radius 3 is 2.76 bits per heavy atom. The van der Waals surface area contributed by atoms with Crippen molar-refractivity contribution >= 4 is 11.7 Å². The van der Waals surface area contributed by atoms with Crippen molar-refractivity contribution in [1.29, 1.82) is 0 Å². The average molecular weight is 502 g/mol. The van der Waals surface area contributed by atoms with E-state index in [-0.39, 0.29) is 11.9 Å². The lowest BCUT2D eigenvalue weighted by molar-refractivity contribution is -0.141. The van der Waals surface area contributed by atoms with Crippen molar-refractivity contribution in [3.63, 3.8) is 0 Å². The predicted molar refractivity (Wildman–Crippen MR) is 145 cm³/mol. The van der Waals surface area contributed by atoms with E-state index in [0.29, 0.717) is 39.4 Å². The van der Waals surface area contributed by atoms with Gasteiger partial charge in [-0.2, -0.15) is 0 Å². The highest BCUT2D eigenvalue weighted by Crippen LogP contribution is 2.38. The van der Waals surface area contributed by atoms with E-state index < -0.39 is 0 Å². The van der Waals surface area contributed by atoms with Gasteiger partial charge in [-0.25, -0.2) is 0 Å². The zero-order chi connectivity index (χ0) is 25.6. The van der Waals surface area contributed by atoms with E-state index in [9.17, 15) is 4.79 Å². The standard InChI is InChI=1S/C31H35NO5/c1-3-35-13-14-36-26-10-12-27-23(16-26)6-4-5-22-8-7-21(15-29(22)27)19-32-25-9-11-28-24(17-31(33)34-2)20-37-30(28)18-25/h7-12,15-16,18,24,32H,3-6,13-14,17,19-20H2,1-2H3/t24-/m1/s1. The van der Waals surface area contributed by atoms with Crippen LogP contribution in [0, 0.1) is 0 Å². The Hall–Kier alpha value is -3.51. The molecule has 0 amide bonds. The molecule has 0 aromatic heterocycles. The summed E-state index contributed by atoms with van der Waals surface area (Å²) in [4.78, 5) is 11.7. The summed E-state index contributed by atoms with van der Waals surface area (Å²) < 4.78 is 22.0. The maximum Gasteiger partial charge on any atom is 0.306 e. The fraction of sp³-hybridized carbons (Fsp3) is 0.387. The second-order valence-corrected chi connectivity index (χ2v) is 9.60. The van der Waals surface area contributed by atoms with Crippen LogP contribution in [-0.2, 0) is 33.7 Å². The molecule has 2 aliphatic rings. The third-order valence-corrected chi connectivity index (χ3v) is 7.16. The molecule has 0 fully saturated rings. The summed E-state index contributed by atoms with van der Waals surface area (Å²) in [5.41, 5.74) is 8.66. The zero-order valence-electron chi connectivity index (χ0n) is 21.7. The van der Waals surface area contributed by atoms with Gasteiger partial charge >= 0.3 is 5.97 Å². The second kappa shape index (κ2) is 11.7. The first kappa shape index (κ1) is 25.2. The minimum absolute atomic E-state index is 0.0525. The molecule has 0 bridgehead atoms. The number of anilines is 1. The van der Waals surface area contributed by atoms with E-state index in [2.05, 4.69) is 53.8 Å². The van der Waals surface area contributed by atoms with Crippen LogP contribution in [0.1, 0.15) is 47.9 Å². The lowest BCUT2D eigenvalue weighted by atomic mass is 9.94. The number of hydrogen-bond donors (Lipinski definition) is 1. The van der Waals surface area contributed by atoms with E-state index in [1.165, 1.54) is 34.9 Å². The van der Waals surface area contributed by atoms with E-state index in [1.807, 2.05) is 13.0 Å². The Morgan fingerprint density at radius 2 is 1.89 bits per heavy atom. The van der Waals surface area contributed by atoms with Gasteiger partial charge in [-0.05, 0) is 78.3 Å². The van der Waals surface area contributed by atoms with Gasteiger partial charge in [0.1, 0.15) is 18.1 Å². The molecule has 1 N–H and O–H groups in total. The minimum Gasteiger partial charge on any atom is -0.493 e. The lowest BCUT2D eigenvalue weighted by Gasteiger charge is -2.15. The maximum atomic E-state index is 11.7. The molecule has 1 heterocycles. The second-order valence-electron chi connectivity index (χ2n) is 9.60. The summed E-state index contributed by atoms with van der Waals surface area (Å²) in [6, 6.07) is 19.4. The molecule has 1 aliphatic heterocycles. The van der Waals surface area contributed by atoms with Gasteiger partial charge < -0.3 is 24.3 Å². The average Bonchev–Trinajstić information content (AvgIpc) is 3.22. The van der Waals surface area contributed by atoms with Crippen LogP contribution in [0.2, 0.25) is 0 Å². The first-order valence-electron chi connectivity index (χ1n) is 13.2. The van der Waals surface area contributed by atoms with Gasteiger partial charge in [0.05, 0.1) is 26.7 Å². The molecule has 194 valence electrons. The van der Waals surface area contributed by atoms with Crippen molar-refractivity contribution in [3.8, 4) is 22.6 Å². The lowest BCUT2D eigenvalue weighted by Crippen LogP contribution is -2.09. The first-order valence-corrected chi connectivity index (χ1v) is 13.2. The van der Waals surface area contributed by atoms with E-state index in [0.717, 1.165) is 42.0 Å². The molecule has 5 rings (SSSR count). The van der Waals surface area contributed by atoms with Gasteiger partial charge in [0.15, 0.2) is 0 Å². The first-order chi connectivity index (χ1) is 18.1. The van der Waals surface area contributed by atoms with Crippen LogP contribution in [-0.4, -0.2) is 39.5 Å². The summed E-state index contributed by atoms with van der Waals surface area (Å²) in [6.45, 7) is 5.10. The molecule has 3 aromatic carbocycles. The monoisotopic (exact) mass is 501 g/mol. The summed E-state index contributed by atoms with van der Waals surface area (Å²) in [6.07, 6.45) is 3.60. The van der Waals surface area contributed by atoms with Gasteiger partial charge in [0.25, 0.3) is 0 Å². The highest BCUT2D eigenvalue weighted by Gasteiger charge is 2.27.